The summed E-state index contributed by atoms with van der Waals surface area (Å²) in [5.41, 5.74) is 0.249. The van der Waals surface area contributed by atoms with Crippen molar-refractivity contribution in [2.45, 2.75) is 16.6 Å². The van der Waals surface area contributed by atoms with E-state index in [2.05, 4.69) is 15.5 Å². The fourth-order valence-electron chi connectivity index (χ4n) is 2.07. The molecule has 3 rings (SSSR count). The monoisotopic (exact) mass is 358 g/mol. The summed E-state index contributed by atoms with van der Waals surface area (Å²) in [6.45, 7) is 0.410. The van der Waals surface area contributed by atoms with E-state index in [1.807, 2.05) is 30.3 Å². The average molecular weight is 358 g/mol. The summed E-state index contributed by atoms with van der Waals surface area (Å²) in [4.78, 5) is 20.9. The largest absolute Gasteiger partial charge is 0.277 e. The lowest BCUT2D eigenvalue weighted by atomic mass is 10.2. The number of rotatable bonds is 6. The molecular weight excluding hydrogens is 348 g/mol. The zero-order valence-corrected chi connectivity index (χ0v) is 13.4. The molecule has 0 aliphatic carbocycles. The van der Waals surface area contributed by atoms with Crippen molar-refractivity contribution in [2.75, 3.05) is 0 Å². The quantitative estimate of drug-likeness (QED) is 0.485. The van der Waals surface area contributed by atoms with Crippen molar-refractivity contribution in [3.63, 3.8) is 0 Å². The molecular formula is C14H10N6O4S. The normalized spacial score (nSPS) is 10.6. The van der Waals surface area contributed by atoms with Crippen LogP contribution in [0.2, 0.25) is 0 Å². The van der Waals surface area contributed by atoms with Gasteiger partial charge in [-0.2, -0.15) is 0 Å². The summed E-state index contributed by atoms with van der Waals surface area (Å²) in [6, 6.07) is 12.9. The maximum absolute atomic E-state index is 11.0. The molecule has 11 heteroatoms. The third kappa shape index (κ3) is 3.95. The van der Waals surface area contributed by atoms with E-state index in [0.717, 1.165) is 23.4 Å². The van der Waals surface area contributed by atoms with Crippen molar-refractivity contribution in [1.29, 1.82) is 0 Å². The second-order valence-electron chi connectivity index (χ2n) is 4.91. The Balaban J connectivity index is 1.89. The maximum atomic E-state index is 11.0. The molecule has 10 nitrogen and oxygen atoms in total. The van der Waals surface area contributed by atoms with Gasteiger partial charge in [0.2, 0.25) is 5.16 Å². The van der Waals surface area contributed by atoms with Crippen LogP contribution in [0.1, 0.15) is 5.56 Å². The molecule has 0 N–H and O–H groups in total. The van der Waals surface area contributed by atoms with Gasteiger partial charge in [-0.05, 0) is 27.8 Å². The first-order valence-electron chi connectivity index (χ1n) is 6.95. The lowest BCUT2D eigenvalue weighted by Gasteiger charge is -2.04. The van der Waals surface area contributed by atoms with E-state index < -0.39 is 9.85 Å². The molecule has 3 aromatic rings. The SMILES string of the molecule is O=[N+]([O-])c1cc(Sc2nnnn2Cc2ccccc2)cc([N+](=O)[O-])c1. The van der Waals surface area contributed by atoms with E-state index >= 15 is 0 Å². The van der Waals surface area contributed by atoms with Crippen LogP contribution in [0.3, 0.4) is 0 Å². The van der Waals surface area contributed by atoms with Crippen LogP contribution >= 0.6 is 11.8 Å². The molecule has 2 aromatic carbocycles. The fourth-order valence-corrected chi connectivity index (χ4v) is 2.92. The maximum Gasteiger partial charge on any atom is 0.277 e. The fraction of sp³-hybridized carbons (Fsp3) is 0.0714. The van der Waals surface area contributed by atoms with Crippen molar-refractivity contribution >= 4 is 23.1 Å². The van der Waals surface area contributed by atoms with Crippen molar-refractivity contribution in [3.8, 4) is 0 Å². The zero-order valence-electron chi connectivity index (χ0n) is 12.6. The number of aromatic nitrogens is 4. The number of tetrazole rings is 1. The number of non-ortho nitro benzene ring substituents is 2. The summed E-state index contributed by atoms with van der Waals surface area (Å²) in [7, 11) is 0. The molecule has 0 fully saturated rings. The Hall–Kier alpha value is -3.34. The minimum Gasteiger partial charge on any atom is -0.258 e. The number of nitro benzene ring substituents is 2. The second kappa shape index (κ2) is 7.05. The van der Waals surface area contributed by atoms with E-state index in [1.165, 1.54) is 16.8 Å². The van der Waals surface area contributed by atoms with Gasteiger partial charge in [0.15, 0.2) is 0 Å². The summed E-state index contributed by atoms with van der Waals surface area (Å²) in [5, 5.41) is 33.7. The molecule has 0 amide bonds. The van der Waals surface area contributed by atoms with E-state index in [4.69, 9.17) is 0 Å². The number of benzene rings is 2. The smallest absolute Gasteiger partial charge is 0.258 e. The van der Waals surface area contributed by atoms with Crippen molar-refractivity contribution in [3.05, 3.63) is 74.3 Å². The van der Waals surface area contributed by atoms with Gasteiger partial charge in [0.1, 0.15) is 0 Å². The Morgan fingerprint density at radius 3 is 2.24 bits per heavy atom. The highest BCUT2D eigenvalue weighted by molar-refractivity contribution is 7.99. The van der Waals surface area contributed by atoms with Crippen molar-refractivity contribution in [2.24, 2.45) is 0 Å². The first kappa shape index (κ1) is 16.5. The van der Waals surface area contributed by atoms with Gasteiger partial charge in [-0.3, -0.25) is 20.2 Å². The van der Waals surface area contributed by atoms with Crippen LogP contribution in [0.4, 0.5) is 11.4 Å². The Labute approximate surface area is 144 Å². The van der Waals surface area contributed by atoms with Crippen molar-refractivity contribution < 1.29 is 9.85 Å². The molecule has 0 aliphatic rings. The van der Waals surface area contributed by atoms with Crippen LogP contribution < -0.4 is 0 Å². The molecule has 0 saturated heterocycles. The highest BCUT2D eigenvalue weighted by Crippen LogP contribution is 2.32. The molecule has 0 atom stereocenters. The number of nitro groups is 2. The molecule has 1 aromatic heterocycles. The third-order valence-corrected chi connectivity index (χ3v) is 4.13. The number of hydrogen-bond acceptors (Lipinski definition) is 8. The van der Waals surface area contributed by atoms with Gasteiger partial charge in [0.25, 0.3) is 11.4 Å². The zero-order chi connectivity index (χ0) is 17.8. The minimum atomic E-state index is -0.677. The predicted molar refractivity (Wildman–Crippen MR) is 87.2 cm³/mol. The third-order valence-electron chi connectivity index (χ3n) is 3.18. The van der Waals surface area contributed by atoms with Gasteiger partial charge in [0.05, 0.1) is 22.5 Å². The van der Waals surface area contributed by atoms with Gasteiger partial charge in [-0.1, -0.05) is 30.3 Å². The van der Waals surface area contributed by atoms with Gasteiger partial charge < -0.3 is 0 Å². The molecule has 0 radical (unpaired) electrons. The van der Waals surface area contributed by atoms with E-state index in [1.54, 1.807) is 0 Å². The average Bonchev–Trinajstić information content (AvgIpc) is 3.02. The van der Waals surface area contributed by atoms with Crippen molar-refractivity contribution in [1.82, 2.24) is 20.2 Å². The van der Waals surface area contributed by atoms with Crippen LogP contribution in [-0.2, 0) is 6.54 Å². The predicted octanol–water partition coefficient (Wildman–Crippen LogP) is 2.69. The van der Waals surface area contributed by atoms with Gasteiger partial charge >= 0.3 is 0 Å². The Morgan fingerprint density at radius 1 is 1.00 bits per heavy atom. The molecule has 0 spiro atoms. The van der Waals surface area contributed by atoms with E-state index in [9.17, 15) is 20.2 Å². The minimum absolute atomic E-state index is 0.310. The molecule has 126 valence electrons. The lowest BCUT2D eigenvalue weighted by Crippen LogP contribution is -2.03. The summed E-state index contributed by atoms with van der Waals surface area (Å²) in [5.74, 6) is 0. The van der Waals surface area contributed by atoms with Crippen LogP contribution in [0.25, 0.3) is 0 Å². The number of hydrogen-bond donors (Lipinski definition) is 0. The van der Waals surface area contributed by atoms with Crippen LogP contribution in [0.15, 0.2) is 58.6 Å². The van der Waals surface area contributed by atoms with Crippen LogP contribution in [0.5, 0.6) is 0 Å². The Morgan fingerprint density at radius 2 is 1.64 bits per heavy atom. The van der Waals surface area contributed by atoms with Crippen LogP contribution in [0, 0.1) is 20.2 Å². The Kier molecular flexibility index (Phi) is 4.66. The molecule has 0 saturated carbocycles. The first-order valence-corrected chi connectivity index (χ1v) is 7.76. The van der Waals surface area contributed by atoms with Gasteiger partial charge in [0, 0.05) is 17.0 Å². The number of nitrogens with zero attached hydrogens (tertiary/aromatic N) is 6. The first-order chi connectivity index (χ1) is 12.0. The van der Waals surface area contributed by atoms with Crippen LogP contribution in [-0.4, -0.2) is 30.1 Å². The summed E-state index contributed by atoms with van der Waals surface area (Å²) < 4.78 is 1.52. The molecule has 1 heterocycles. The second-order valence-corrected chi connectivity index (χ2v) is 5.95. The standard InChI is InChI=1S/C14H10N6O4S/c21-19(22)11-6-12(20(23)24)8-13(7-11)25-14-15-16-17-18(14)9-10-4-2-1-3-5-10/h1-8H,9H2. The molecule has 0 unspecified atom stereocenters. The molecule has 0 aliphatic heterocycles. The molecule has 0 bridgehead atoms. The topological polar surface area (TPSA) is 130 Å². The van der Waals surface area contributed by atoms with Gasteiger partial charge in [-0.25, -0.2) is 4.68 Å². The summed E-state index contributed by atoms with van der Waals surface area (Å²) in [6.07, 6.45) is 0. The lowest BCUT2D eigenvalue weighted by molar-refractivity contribution is -0.394. The highest BCUT2D eigenvalue weighted by atomic mass is 32.2. The molecule has 25 heavy (non-hydrogen) atoms. The summed E-state index contributed by atoms with van der Waals surface area (Å²) >= 11 is 1.02. The van der Waals surface area contributed by atoms with E-state index in [-0.39, 0.29) is 11.4 Å². The Bertz CT molecular complexity index is 898. The van der Waals surface area contributed by atoms with Gasteiger partial charge in [-0.15, -0.1) is 5.10 Å². The highest BCUT2D eigenvalue weighted by Gasteiger charge is 2.18. The van der Waals surface area contributed by atoms with E-state index in [0.29, 0.717) is 16.6 Å².